The lowest BCUT2D eigenvalue weighted by molar-refractivity contribution is 0.208. The minimum absolute atomic E-state index is 0.150. The molecule has 1 saturated heterocycles. The van der Waals surface area contributed by atoms with Gasteiger partial charge in [-0.1, -0.05) is 35.3 Å². The molecule has 4 nitrogen and oxygen atoms in total. The van der Waals surface area contributed by atoms with Crippen molar-refractivity contribution in [2.45, 2.75) is 19.4 Å². The third-order valence-corrected chi connectivity index (χ3v) is 4.97. The molecule has 0 amide bonds. The molecule has 0 spiro atoms. The molecule has 1 fully saturated rings. The summed E-state index contributed by atoms with van der Waals surface area (Å²) in [7, 11) is 0. The molecule has 0 radical (unpaired) electrons. The van der Waals surface area contributed by atoms with E-state index < -0.39 is 0 Å². The molecule has 3 rings (SSSR count). The Morgan fingerprint density at radius 1 is 1.15 bits per heavy atom. The zero-order chi connectivity index (χ0) is 18.4. The number of piperidine rings is 1. The first kappa shape index (κ1) is 19.0. The fraction of sp³-hybridized carbons (Fsp3) is 0.350. The summed E-state index contributed by atoms with van der Waals surface area (Å²) in [5.41, 5.74) is 2.61. The van der Waals surface area contributed by atoms with Crippen molar-refractivity contribution in [2.75, 3.05) is 25.0 Å². The Morgan fingerprint density at radius 3 is 2.65 bits per heavy atom. The van der Waals surface area contributed by atoms with Crippen LogP contribution in [0.3, 0.4) is 0 Å². The fourth-order valence-corrected chi connectivity index (χ4v) is 3.30. The second-order valence-corrected chi connectivity index (χ2v) is 7.40. The molecular formula is C20H23Cl2N3O. The predicted molar refractivity (Wildman–Crippen MR) is 109 cm³/mol. The van der Waals surface area contributed by atoms with Gasteiger partial charge in [0.2, 0.25) is 5.90 Å². The molecule has 2 aromatic rings. The van der Waals surface area contributed by atoms with Gasteiger partial charge >= 0.3 is 0 Å². The van der Waals surface area contributed by atoms with Gasteiger partial charge in [0.05, 0.1) is 12.2 Å². The number of anilines is 1. The van der Waals surface area contributed by atoms with Crippen molar-refractivity contribution in [1.29, 1.82) is 5.41 Å². The molecule has 0 aromatic heterocycles. The summed E-state index contributed by atoms with van der Waals surface area (Å²) in [6.45, 7) is 3.20. The van der Waals surface area contributed by atoms with E-state index in [1.165, 1.54) is 0 Å². The van der Waals surface area contributed by atoms with Crippen LogP contribution in [0.4, 0.5) is 5.69 Å². The Balaban J connectivity index is 1.64. The van der Waals surface area contributed by atoms with Crippen LogP contribution in [-0.2, 0) is 11.3 Å². The lowest BCUT2D eigenvalue weighted by Crippen LogP contribution is -2.32. The van der Waals surface area contributed by atoms with Crippen molar-refractivity contribution < 1.29 is 4.74 Å². The summed E-state index contributed by atoms with van der Waals surface area (Å²) < 4.78 is 5.76. The molecule has 1 aliphatic rings. The summed E-state index contributed by atoms with van der Waals surface area (Å²) >= 11 is 12.1. The van der Waals surface area contributed by atoms with E-state index in [0.29, 0.717) is 34.7 Å². The van der Waals surface area contributed by atoms with Gasteiger partial charge in [-0.05, 0) is 55.3 Å². The lowest BCUT2D eigenvalue weighted by atomic mass is 10.0. The molecule has 0 aliphatic carbocycles. The number of ether oxygens (including phenoxy) is 1. The molecular weight excluding hydrogens is 369 g/mol. The van der Waals surface area contributed by atoms with Crippen LogP contribution in [-0.4, -0.2) is 25.6 Å². The molecule has 26 heavy (non-hydrogen) atoms. The first-order chi connectivity index (χ1) is 12.6. The van der Waals surface area contributed by atoms with Crippen molar-refractivity contribution >= 4 is 34.8 Å². The van der Waals surface area contributed by atoms with Crippen molar-refractivity contribution in [1.82, 2.24) is 5.32 Å². The van der Waals surface area contributed by atoms with Crippen LogP contribution in [0.25, 0.3) is 0 Å². The number of hydrogen-bond acceptors (Lipinski definition) is 4. The Kier molecular flexibility index (Phi) is 6.78. The normalized spacial score (nSPS) is 16.9. The molecule has 1 unspecified atom stereocenters. The average Bonchev–Trinajstić information content (AvgIpc) is 2.67. The van der Waals surface area contributed by atoms with E-state index in [9.17, 15) is 0 Å². The third kappa shape index (κ3) is 5.37. The fourth-order valence-electron chi connectivity index (χ4n) is 3.00. The van der Waals surface area contributed by atoms with E-state index in [4.69, 9.17) is 33.3 Å². The maximum atomic E-state index is 8.34. The number of rotatable bonds is 6. The quantitative estimate of drug-likeness (QED) is 0.482. The van der Waals surface area contributed by atoms with Crippen molar-refractivity contribution in [3.63, 3.8) is 0 Å². The summed E-state index contributed by atoms with van der Waals surface area (Å²) in [6.07, 6.45) is 2.30. The minimum Gasteiger partial charge on any atom is -0.477 e. The minimum atomic E-state index is 0.150. The second kappa shape index (κ2) is 9.26. The molecule has 2 aromatic carbocycles. The number of benzene rings is 2. The van der Waals surface area contributed by atoms with Gasteiger partial charge < -0.3 is 15.4 Å². The van der Waals surface area contributed by atoms with Crippen molar-refractivity contribution in [2.24, 2.45) is 5.92 Å². The largest absolute Gasteiger partial charge is 0.477 e. The molecule has 0 bridgehead atoms. The van der Waals surface area contributed by atoms with Crippen LogP contribution in [0.5, 0.6) is 0 Å². The molecule has 3 N–H and O–H groups in total. The molecule has 1 aliphatic heterocycles. The zero-order valence-corrected chi connectivity index (χ0v) is 16.0. The summed E-state index contributed by atoms with van der Waals surface area (Å²) in [4.78, 5) is 0. The van der Waals surface area contributed by atoms with E-state index in [0.717, 1.165) is 37.2 Å². The maximum absolute atomic E-state index is 8.34. The van der Waals surface area contributed by atoms with Crippen molar-refractivity contribution in [3.05, 3.63) is 63.6 Å². The highest BCUT2D eigenvalue weighted by Gasteiger charge is 2.16. The van der Waals surface area contributed by atoms with Gasteiger partial charge in [0.15, 0.2) is 0 Å². The summed E-state index contributed by atoms with van der Waals surface area (Å²) in [5, 5.41) is 16.4. The first-order valence-corrected chi connectivity index (χ1v) is 9.58. The second-order valence-electron chi connectivity index (χ2n) is 6.52. The Bertz CT molecular complexity index is 743. The lowest BCUT2D eigenvalue weighted by Gasteiger charge is -2.23. The maximum Gasteiger partial charge on any atom is 0.215 e. The van der Waals surface area contributed by atoms with Crippen LogP contribution in [0.15, 0.2) is 42.5 Å². The van der Waals surface area contributed by atoms with Gasteiger partial charge in [0.25, 0.3) is 0 Å². The summed E-state index contributed by atoms with van der Waals surface area (Å²) in [5.74, 6) is 0.602. The van der Waals surface area contributed by atoms with E-state index in [1.54, 1.807) is 6.07 Å². The van der Waals surface area contributed by atoms with E-state index in [1.807, 2.05) is 36.4 Å². The van der Waals surface area contributed by atoms with Gasteiger partial charge in [-0.3, -0.25) is 5.41 Å². The Morgan fingerprint density at radius 2 is 1.92 bits per heavy atom. The highest BCUT2D eigenvalue weighted by molar-refractivity contribution is 6.31. The van der Waals surface area contributed by atoms with Gasteiger partial charge in [-0.25, -0.2) is 0 Å². The van der Waals surface area contributed by atoms with Crippen LogP contribution >= 0.6 is 23.2 Å². The van der Waals surface area contributed by atoms with E-state index in [2.05, 4.69) is 10.6 Å². The zero-order valence-electron chi connectivity index (χ0n) is 14.5. The SMILES string of the molecule is N=C(OCC1CCCNC1)c1cc(Cl)ccc1NCc1ccc(Cl)cc1. The van der Waals surface area contributed by atoms with Crippen LogP contribution < -0.4 is 10.6 Å². The molecule has 138 valence electrons. The predicted octanol–water partition coefficient (Wildman–Crippen LogP) is 4.95. The van der Waals surface area contributed by atoms with E-state index in [-0.39, 0.29) is 5.90 Å². The standard InChI is InChI=1S/C20H23Cl2N3O/c21-16-5-3-14(4-6-16)12-25-19-8-7-17(22)10-18(19)20(23)26-13-15-2-1-9-24-11-15/h3-8,10,15,23-25H,1-2,9,11-13H2. The topological polar surface area (TPSA) is 57.1 Å². The monoisotopic (exact) mass is 391 g/mol. The smallest absolute Gasteiger partial charge is 0.215 e. The average molecular weight is 392 g/mol. The number of hydrogen-bond donors (Lipinski definition) is 3. The van der Waals surface area contributed by atoms with Crippen LogP contribution in [0.2, 0.25) is 10.0 Å². The molecule has 1 heterocycles. The van der Waals surface area contributed by atoms with E-state index >= 15 is 0 Å². The van der Waals surface area contributed by atoms with Crippen molar-refractivity contribution in [3.8, 4) is 0 Å². The number of halogens is 2. The Hall–Kier alpha value is -1.75. The highest BCUT2D eigenvalue weighted by atomic mass is 35.5. The summed E-state index contributed by atoms with van der Waals surface area (Å²) in [6, 6.07) is 13.1. The Labute approximate surface area is 164 Å². The highest BCUT2D eigenvalue weighted by Crippen LogP contribution is 2.23. The number of nitrogens with one attached hydrogen (secondary N) is 3. The first-order valence-electron chi connectivity index (χ1n) is 8.82. The van der Waals surface area contributed by atoms with Crippen LogP contribution in [0, 0.1) is 11.3 Å². The molecule has 0 saturated carbocycles. The van der Waals surface area contributed by atoms with Gasteiger partial charge in [0.1, 0.15) is 0 Å². The van der Waals surface area contributed by atoms with Gasteiger partial charge in [-0.2, -0.15) is 0 Å². The molecule has 6 heteroatoms. The van der Waals surface area contributed by atoms with Crippen LogP contribution in [0.1, 0.15) is 24.0 Å². The third-order valence-electron chi connectivity index (χ3n) is 4.48. The van der Waals surface area contributed by atoms with Gasteiger partial charge in [-0.15, -0.1) is 0 Å². The molecule has 1 atom stereocenters. The van der Waals surface area contributed by atoms with Gasteiger partial charge in [0, 0.05) is 34.7 Å².